The van der Waals surface area contributed by atoms with Crippen molar-refractivity contribution >= 4 is 10.9 Å². The van der Waals surface area contributed by atoms with E-state index in [-0.39, 0.29) is 6.10 Å². The van der Waals surface area contributed by atoms with Crippen molar-refractivity contribution in [1.82, 2.24) is 10.3 Å². The molecule has 1 atom stereocenters. The average molecular weight is 246 g/mol. The van der Waals surface area contributed by atoms with Crippen LogP contribution in [0.5, 0.6) is 5.75 Å². The smallest absolute Gasteiger partial charge is 0.134 e. The van der Waals surface area contributed by atoms with Crippen LogP contribution in [-0.4, -0.2) is 31.8 Å². The number of aromatic nitrogens is 1. The molecular weight excluding hydrogens is 228 g/mol. The predicted octanol–water partition coefficient (Wildman–Crippen LogP) is 2.15. The summed E-state index contributed by atoms with van der Waals surface area (Å²) in [7, 11) is 1.72. The van der Waals surface area contributed by atoms with E-state index in [4.69, 9.17) is 9.47 Å². The maximum absolute atomic E-state index is 5.82. The van der Waals surface area contributed by atoms with Gasteiger partial charge in [0.05, 0.1) is 19.8 Å². The summed E-state index contributed by atoms with van der Waals surface area (Å²) in [5.74, 6) is 0.931. The van der Waals surface area contributed by atoms with Gasteiger partial charge in [0.1, 0.15) is 5.75 Å². The molecule has 3 rings (SSSR count). The molecule has 1 aromatic heterocycles. The first-order valence-electron chi connectivity index (χ1n) is 6.28. The van der Waals surface area contributed by atoms with Crippen LogP contribution in [0.15, 0.2) is 18.3 Å². The van der Waals surface area contributed by atoms with E-state index in [1.165, 1.54) is 5.56 Å². The second-order valence-electron chi connectivity index (χ2n) is 4.65. The van der Waals surface area contributed by atoms with Gasteiger partial charge in [-0.1, -0.05) is 6.07 Å². The van der Waals surface area contributed by atoms with E-state index in [0.29, 0.717) is 0 Å². The largest absolute Gasteiger partial charge is 0.496 e. The normalized spacial score (nSPS) is 20.2. The Labute approximate surface area is 106 Å². The van der Waals surface area contributed by atoms with E-state index < -0.39 is 0 Å². The fourth-order valence-electron chi connectivity index (χ4n) is 2.61. The second-order valence-corrected chi connectivity index (χ2v) is 4.65. The molecule has 1 aromatic carbocycles. The molecule has 2 aromatic rings. The number of rotatable bonds is 2. The summed E-state index contributed by atoms with van der Waals surface area (Å²) >= 11 is 0. The van der Waals surface area contributed by atoms with E-state index in [9.17, 15) is 0 Å². The average Bonchev–Trinajstić information content (AvgIpc) is 2.81. The number of hydrogen-bond donors (Lipinski definition) is 2. The van der Waals surface area contributed by atoms with Crippen LogP contribution in [0.3, 0.4) is 0 Å². The van der Waals surface area contributed by atoms with Crippen LogP contribution >= 0.6 is 0 Å². The Bertz CT molecular complexity index is 556. The lowest BCUT2D eigenvalue weighted by molar-refractivity contribution is 0.0264. The zero-order chi connectivity index (χ0) is 12.5. The third-order valence-corrected chi connectivity index (χ3v) is 3.51. The molecular formula is C14H18N2O2. The molecule has 2 heterocycles. The van der Waals surface area contributed by atoms with E-state index in [2.05, 4.69) is 29.4 Å². The lowest BCUT2D eigenvalue weighted by atomic mass is 10.0. The van der Waals surface area contributed by atoms with Crippen molar-refractivity contribution in [2.24, 2.45) is 0 Å². The third-order valence-electron chi connectivity index (χ3n) is 3.51. The summed E-state index contributed by atoms with van der Waals surface area (Å²) in [6.07, 6.45) is 2.09. The van der Waals surface area contributed by atoms with E-state index in [1.807, 2.05) is 6.20 Å². The highest BCUT2D eigenvalue weighted by molar-refractivity contribution is 5.90. The molecule has 1 aliphatic rings. The highest BCUT2D eigenvalue weighted by atomic mass is 16.5. The third kappa shape index (κ3) is 1.78. The molecule has 2 N–H and O–H groups in total. The topological polar surface area (TPSA) is 46.3 Å². The number of aromatic amines is 1. The van der Waals surface area contributed by atoms with Gasteiger partial charge in [-0.2, -0.15) is 0 Å². The van der Waals surface area contributed by atoms with Crippen molar-refractivity contribution in [2.75, 3.05) is 26.8 Å². The zero-order valence-electron chi connectivity index (χ0n) is 10.7. The number of morpholine rings is 1. The maximum atomic E-state index is 5.82. The Hall–Kier alpha value is -1.52. The summed E-state index contributed by atoms with van der Waals surface area (Å²) in [5, 5.41) is 4.51. The molecule has 0 bridgehead atoms. The van der Waals surface area contributed by atoms with Gasteiger partial charge in [-0.05, 0) is 18.6 Å². The Kier molecular flexibility index (Phi) is 2.97. The van der Waals surface area contributed by atoms with Gasteiger partial charge in [-0.15, -0.1) is 0 Å². The van der Waals surface area contributed by atoms with Crippen LogP contribution in [0.1, 0.15) is 17.2 Å². The van der Waals surface area contributed by atoms with Crippen molar-refractivity contribution in [3.8, 4) is 5.75 Å². The minimum Gasteiger partial charge on any atom is -0.496 e. The van der Waals surface area contributed by atoms with Crippen molar-refractivity contribution in [2.45, 2.75) is 13.0 Å². The summed E-state index contributed by atoms with van der Waals surface area (Å²) in [6.45, 7) is 4.60. The minimum absolute atomic E-state index is 0.0763. The SMILES string of the molecule is COc1c(C2CNCCO2)ccc2[nH]cc(C)c12. The van der Waals surface area contributed by atoms with Gasteiger partial charge in [0.15, 0.2) is 0 Å². The van der Waals surface area contributed by atoms with Crippen LogP contribution in [0, 0.1) is 6.92 Å². The van der Waals surface area contributed by atoms with Gasteiger partial charge in [0.2, 0.25) is 0 Å². The zero-order valence-corrected chi connectivity index (χ0v) is 10.7. The fourth-order valence-corrected chi connectivity index (χ4v) is 2.61. The number of nitrogens with one attached hydrogen (secondary N) is 2. The number of hydrogen-bond acceptors (Lipinski definition) is 3. The van der Waals surface area contributed by atoms with Crippen molar-refractivity contribution in [3.05, 3.63) is 29.5 Å². The molecule has 0 radical (unpaired) electrons. The van der Waals surface area contributed by atoms with Crippen LogP contribution in [0.2, 0.25) is 0 Å². The van der Waals surface area contributed by atoms with Gasteiger partial charge in [-0.3, -0.25) is 0 Å². The first kappa shape index (κ1) is 11.6. The number of fused-ring (bicyclic) bond motifs is 1. The maximum Gasteiger partial charge on any atom is 0.134 e. The van der Waals surface area contributed by atoms with Gasteiger partial charge in [0.25, 0.3) is 0 Å². The number of benzene rings is 1. The number of ether oxygens (including phenoxy) is 2. The molecule has 1 fully saturated rings. The Balaban J connectivity index is 2.13. The van der Waals surface area contributed by atoms with Gasteiger partial charge in [-0.25, -0.2) is 0 Å². The molecule has 96 valence electrons. The number of H-pyrrole nitrogens is 1. The first-order chi connectivity index (χ1) is 8.81. The number of aryl methyl sites for hydroxylation is 1. The molecule has 18 heavy (non-hydrogen) atoms. The second kappa shape index (κ2) is 4.63. The lowest BCUT2D eigenvalue weighted by Crippen LogP contribution is -2.33. The summed E-state index contributed by atoms with van der Waals surface area (Å²) < 4.78 is 11.4. The van der Waals surface area contributed by atoms with E-state index in [0.717, 1.165) is 41.9 Å². The predicted molar refractivity (Wildman–Crippen MR) is 71.2 cm³/mol. The van der Waals surface area contributed by atoms with Crippen molar-refractivity contribution < 1.29 is 9.47 Å². The molecule has 0 amide bonds. The molecule has 4 nitrogen and oxygen atoms in total. The van der Waals surface area contributed by atoms with Crippen LogP contribution in [0.25, 0.3) is 10.9 Å². The number of methoxy groups -OCH3 is 1. The van der Waals surface area contributed by atoms with Gasteiger partial charge >= 0.3 is 0 Å². The summed E-state index contributed by atoms with van der Waals surface area (Å²) in [5.41, 5.74) is 3.43. The Morgan fingerprint density at radius 3 is 3.00 bits per heavy atom. The molecule has 1 unspecified atom stereocenters. The molecule has 0 aliphatic carbocycles. The quantitative estimate of drug-likeness (QED) is 0.853. The highest BCUT2D eigenvalue weighted by Crippen LogP contribution is 2.36. The van der Waals surface area contributed by atoms with Crippen LogP contribution in [0.4, 0.5) is 0 Å². The van der Waals surface area contributed by atoms with Gasteiger partial charge < -0.3 is 19.8 Å². The summed E-state index contributed by atoms with van der Waals surface area (Å²) in [6, 6.07) is 4.19. The highest BCUT2D eigenvalue weighted by Gasteiger charge is 2.22. The summed E-state index contributed by atoms with van der Waals surface area (Å²) in [4.78, 5) is 3.26. The van der Waals surface area contributed by atoms with Crippen LogP contribution < -0.4 is 10.1 Å². The van der Waals surface area contributed by atoms with E-state index >= 15 is 0 Å². The van der Waals surface area contributed by atoms with Crippen molar-refractivity contribution in [1.29, 1.82) is 0 Å². The Morgan fingerprint density at radius 1 is 1.39 bits per heavy atom. The molecule has 1 saturated heterocycles. The van der Waals surface area contributed by atoms with Crippen LogP contribution in [-0.2, 0) is 4.74 Å². The van der Waals surface area contributed by atoms with E-state index in [1.54, 1.807) is 7.11 Å². The Morgan fingerprint density at radius 2 is 2.28 bits per heavy atom. The molecule has 0 spiro atoms. The first-order valence-corrected chi connectivity index (χ1v) is 6.28. The minimum atomic E-state index is 0.0763. The van der Waals surface area contributed by atoms with Crippen molar-refractivity contribution in [3.63, 3.8) is 0 Å². The molecule has 0 saturated carbocycles. The standard InChI is InChI=1S/C14H18N2O2/c1-9-7-16-11-4-3-10(14(17-2)13(9)11)12-8-15-5-6-18-12/h3-4,7,12,15-16H,5-6,8H2,1-2H3. The molecule has 4 heteroatoms. The fraction of sp³-hybridized carbons (Fsp3) is 0.429. The molecule has 1 aliphatic heterocycles. The lowest BCUT2D eigenvalue weighted by Gasteiger charge is -2.25. The monoisotopic (exact) mass is 246 g/mol. The van der Waals surface area contributed by atoms with Gasteiger partial charge in [0, 0.05) is 35.8 Å².